The number of carbonyl (C=O) groups excluding carboxylic acids is 1. The van der Waals surface area contributed by atoms with Crippen molar-refractivity contribution in [3.8, 4) is 11.3 Å². The van der Waals surface area contributed by atoms with Crippen LogP contribution in [-0.2, 0) is 7.05 Å². The van der Waals surface area contributed by atoms with Gasteiger partial charge in [0.15, 0.2) is 5.82 Å². The molecule has 32 heavy (non-hydrogen) atoms. The molecule has 1 saturated carbocycles. The van der Waals surface area contributed by atoms with E-state index in [0.29, 0.717) is 42.2 Å². The number of piperidine rings is 1. The summed E-state index contributed by atoms with van der Waals surface area (Å²) in [6.07, 6.45) is 2.58. The minimum Gasteiger partial charge on any atom is -0.466 e. The maximum Gasteiger partial charge on any atom is 0.257 e. The summed E-state index contributed by atoms with van der Waals surface area (Å²) in [6.45, 7) is 4.93. The van der Waals surface area contributed by atoms with Crippen LogP contribution in [0.4, 0.5) is 10.3 Å². The van der Waals surface area contributed by atoms with Gasteiger partial charge in [0.1, 0.15) is 11.5 Å². The van der Waals surface area contributed by atoms with Gasteiger partial charge in [0, 0.05) is 62.9 Å². The third kappa shape index (κ3) is 3.19. The third-order valence-corrected chi connectivity index (χ3v) is 6.63. The van der Waals surface area contributed by atoms with Crippen LogP contribution in [0.25, 0.3) is 11.3 Å². The summed E-state index contributed by atoms with van der Waals surface area (Å²) in [4.78, 5) is 37.7. The molecule has 1 aliphatic heterocycles. The number of nitrogens with zero attached hydrogens (tertiary/aromatic N) is 5. The molecule has 4 heterocycles. The molecule has 0 aromatic carbocycles. The van der Waals surface area contributed by atoms with E-state index < -0.39 is 5.82 Å². The van der Waals surface area contributed by atoms with Crippen molar-refractivity contribution in [2.45, 2.75) is 19.9 Å². The first kappa shape index (κ1) is 20.4. The van der Waals surface area contributed by atoms with Crippen LogP contribution in [0.3, 0.4) is 0 Å². The molecule has 9 heteroatoms. The number of fused-ring (bicyclic) bond motifs is 1. The normalized spacial score (nSPS) is 21.5. The lowest BCUT2D eigenvalue weighted by Crippen LogP contribution is -2.38. The van der Waals surface area contributed by atoms with Gasteiger partial charge >= 0.3 is 0 Å². The average molecular weight is 437 g/mol. The predicted octanol–water partition coefficient (Wildman–Crippen LogP) is 2.40. The Labute approximate surface area is 184 Å². The van der Waals surface area contributed by atoms with Crippen molar-refractivity contribution in [2.24, 2.45) is 18.9 Å². The molecule has 8 nitrogen and oxygen atoms in total. The lowest BCUT2D eigenvalue weighted by molar-refractivity contribution is 0.0771. The third-order valence-electron chi connectivity index (χ3n) is 6.63. The Kier molecular flexibility index (Phi) is 4.65. The van der Waals surface area contributed by atoms with E-state index >= 15 is 0 Å². The minimum atomic E-state index is -0.524. The fourth-order valence-electron chi connectivity index (χ4n) is 4.95. The van der Waals surface area contributed by atoms with Gasteiger partial charge in [-0.05, 0) is 26.0 Å². The Balaban J connectivity index is 1.35. The standard InChI is InChI=1S/C23H24FN5O3/c1-12-7-15(13(2)32-12)22(31)29-10-16-17(11-29)21(16)28(4)23-26-19(8-20(30)27(23)3)14-5-6-25-9-18(14)24/h5-9,16-17,21H,10-11H2,1-4H3/t16-,17+,21+. The van der Waals surface area contributed by atoms with Crippen LogP contribution in [-0.4, -0.2) is 51.5 Å². The van der Waals surface area contributed by atoms with Crippen LogP contribution < -0.4 is 10.5 Å². The van der Waals surface area contributed by atoms with E-state index in [4.69, 9.17) is 4.42 Å². The maximum atomic E-state index is 14.2. The first-order valence-corrected chi connectivity index (χ1v) is 10.5. The van der Waals surface area contributed by atoms with Crippen LogP contribution in [0.15, 0.2) is 39.8 Å². The zero-order valence-electron chi connectivity index (χ0n) is 18.4. The summed E-state index contributed by atoms with van der Waals surface area (Å²) in [6, 6.07) is 4.80. The number of rotatable bonds is 4. The monoisotopic (exact) mass is 437 g/mol. The summed E-state index contributed by atoms with van der Waals surface area (Å²) in [5.41, 5.74) is 0.875. The average Bonchev–Trinajstić information content (AvgIpc) is 3.06. The maximum absolute atomic E-state index is 14.2. The molecule has 1 aliphatic carbocycles. The van der Waals surface area contributed by atoms with E-state index in [1.165, 1.54) is 22.9 Å². The highest BCUT2D eigenvalue weighted by Gasteiger charge is 2.59. The first-order valence-electron chi connectivity index (χ1n) is 10.5. The van der Waals surface area contributed by atoms with Gasteiger partial charge in [0.25, 0.3) is 11.5 Å². The number of hydrogen-bond donors (Lipinski definition) is 0. The SMILES string of the molecule is Cc1cc(C(=O)N2C[C@@H]3[C@H](C2)[C@H]3N(C)c2nc(-c3ccncc3F)cc(=O)n2C)c(C)o1. The highest BCUT2D eigenvalue weighted by molar-refractivity contribution is 5.95. The molecular formula is C23H24FN5O3. The summed E-state index contributed by atoms with van der Waals surface area (Å²) in [5, 5.41) is 0. The Morgan fingerprint density at radius 1 is 1.25 bits per heavy atom. The fourth-order valence-corrected chi connectivity index (χ4v) is 4.95. The number of aryl methyl sites for hydroxylation is 2. The quantitative estimate of drug-likeness (QED) is 0.623. The molecule has 5 rings (SSSR count). The first-order chi connectivity index (χ1) is 15.3. The number of carbonyl (C=O) groups is 1. The Morgan fingerprint density at radius 2 is 1.97 bits per heavy atom. The topological polar surface area (TPSA) is 84.5 Å². The second-order valence-corrected chi connectivity index (χ2v) is 8.66. The summed E-state index contributed by atoms with van der Waals surface area (Å²) in [5.74, 6) is 1.91. The molecule has 1 amide bonds. The molecular weight excluding hydrogens is 413 g/mol. The van der Waals surface area contributed by atoms with Crippen LogP contribution in [0.1, 0.15) is 21.9 Å². The fraction of sp³-hybridized carbons (Fsp3) is 0.391. The number of likely N-dealkylation sites (tertiary alicyclic amines) is 1. The van der Waals surface area contributed by atoms with Gasteiger partial charge in [-0.3, -0.25) is 19.1 Å². The summed E-state index contributed by atoms with van der Waals surface area (Å²) >= 11 is 0. The second-order valence-electron chi connectivity index (χ2n) is 8.66. The van der Waals surface area contributed by atoms with E-state index in [2.05, 4.69) is 9.97 Å². The molecule has 0 radical (unpaired) electrons. The molecule has 3 atom stereocenters. The number of hydrogen-bond acceptors (Lipinski definition) is 6. The van der Waals surface area contributed by atoms with Gasteiger partial charge in [-0.1, -0.05) is 0 Å². The van der Waals surface area contributed by atoms with Gasteiger partial charge in [-0.25, -0.2) is 9.37 Å². The molecule has 0 bridgehead atoms. The van der Waals surface area contributed by atoms with Crippen molar-refractivity contribution in [2.75, 3.05) is 25.0 Å². The van der Waals surface area contributed by atoms with E-state index in [-0.39, 0.29) is 28.8 Å². The number of pyridine rings is 1. The zero-order valence-corrected chi connectivity index (χ0v) is 18.4. The molecule has 166 valence electrons. The summed E-state index contributed by atoms with van der Waals surface area (Å²) in [7, 11) is 3.55. The Hall–Kier alpha value is -3.49. The van der Waals surface area contributed by atoms with Crippen molar-refractivity contribution in [3.63, 3.8) is 0 Å². The molecule has 0 spiro atoms. The molecule has 0 unspecified atom stereocenters. The molecule has 2 aliphatic rings. The highest BCUT2D eigenvalue weighted by Crippen LogP contribution is 2.49. The van der Waals surface area contributed by atoms with Gasteiger partial charge < -0.3 is 14.2 Å². The molecule has 2 fully saturated rings. The largest absolute Gasteiger partial charge is 0.466 e. The zero-order chi connectivity index (χ0) is 22.7. The van der Waals surface area contributed by atoms with Crippen molar-refractivity contribution in [1.29, 1.82) is 0 Å². The van der Waals surface area contributed by atoms with Gasteiger partial charge in [-0.2, -0.15) is 0 Å². The number of aromatic nitrogens is 3. The van der Waals surface area contributed by atoms with Crippen molar-refractivity contribution >= 4 is 11.9 Å². The van der Waals surface area contributed by atoms with Crippen LogP contribution in [0.2, 0.25) is 0 Å². The van der Waals surface area contributed by atoms with Crippen molar-refractivity contribution in [1.82, 2.24) is 19.4 Å². The summed E-state index contributed by atoms with van der Waals surface area (Å²) < 4.78 is 21.2. The van der Waals surface area contributed by atoms with Crippen molar-refractivity contribution in [3.05, 3.63) is 63.8 Å². The number of amides is 1. The predicted molar refractivity (Wildman–Crippen MR) is 116 cm³/mol. The van der Waals surface area contributed by atoms with Crippen molar-refractivity contribution < 1.29 is 13.6 Å². The number of anilines is 1. The lowest BCUT2D eigenvalue weighted by atomic mass is 10.2. The molecule has 3 aromatic rings. The van der Waals surface area contributed by atoms with Gasteiger partial charge in [-0.15, -0.1) is 0 Å². The van der Waals surface area contributed by atoms with E-state index in [0.717, 1.165) is 12.0 Å². The number of halogens is 1. The smallest absolute Gasteiger partial charge is 0.257 e. The van der Waals surface area contributed by atoms with Crippen LogP contribution >= 0.6 is 0 Å². The molecule has 3 aromatic heterocycles. The second kappa shape index (κ2) is 7.29. The molecule has 1 saturated heterocycles. The van der Waals surface area contributed by atoms with Crippen LogP contribution in [0, 0.1) is 31.5 Å². The van der Waals surface area contributed by atoms with Gasteiger partial charge in [0.2, 0.25) is 5.95 Å². The van der Waals surface area contributed by atoms with E-state index in [9.17, 15) is 14.0 Å². The van der Waals surface area contributed by atoms with Crippen LogP contribution in [0.5, 0.6) is 0 Å². The number of furan rings is 1. The lowest BCUT2D eigenvalue weighted by Gasteiger charge is -2.26. The van der Waals surface area contributed by atoms with E-state index in [1.54, 1.807) is 20.0 Å². The van der Waals surface area contributed by atoms with Gasteiger partial charge in [0.05, 0.1) is 17.5 Å². The Bertz CT molecular complexity index is 1270. The highest BCUT2D eigenvalue weighted by atomic mass is 19.1. The minimum absolute atomic E-state index is 0.00589. The molecule has 0 N–H and O–H groups in total. The van der Waals surface area contributed by atoms with E-state index in [1.807, 2.05) is 23.8 Å². The Morgan fingerprint density at radius 3 is 2.59 bits per heavy atom.